The zero-order valence-electron chi connectivity index (χ0n) is 15.0. The molecule has 1 saturated carbocycles. The minimum Gasteiger partial charge on any atom is -0.335 e. The summed E-state index contributed by atoms with van der Waals surface area (Å²) in [5.41, 5.74) is 1.72. The van der Waals surface area contributed by atoms with Gasteiger partial charge in [0.25, 0.3) is 0 Å². The molecule has 134 valence electrons. The van der Waals surface area contributed by atoms with E-state index in [0.29, 0.717) is 32.0 Å². The second-order valence-electron chi connectivity index (χ2n) is 7.73. The number of likely N-dealkylation sites (tertiary alicyclic amines) is 1. The number of likely N-dealkylation sites (N-methyl/N-ethyl adjacent to an activating group) is 1. The van der Waals surface area contributed by atoms with Gasteiger partial charge >= 0.3 is 6.03 Å². The van der Waals surface area contributed by atoms with Gasteiger partial charge in [-0.3, -0.25) is 4.79 Å². The smallest absolute Gasteiger partial charge is 0.317 e. The van der Waals surface area contributed by atoms with Gasteiger partial charge in [0.2, 0.25) is 5.91 Å². The molecule has 0 unspecified atom stereocenters. The quantitative estimate of drug-likeness (QED) is 0.853. The minimum atomic E-state index is -0.438. The average molecular weight is 341 g/mol. The van der Waals surface area contributed by atoms with Crippen LogP contribution in [-0.4, -0.2) is 43.0 Å². The van der Waals surface area contributed by atoms with Crippen molar-refractivity contribution in [3.8, 4) is 0 Å². The summed E-state index contributed by atoms with van der Waals surface area (Å²) in [6.45, 7) is 1.29. The Balaban J connectivity index is 1.44. The molecule has 2 aliphatic heterocycles. The van der Waals surface area contributed by atoms with E-state index in [1.165, 1.54) is 19.3 Å². The van der Waals surface area contributed by atoms with Gasteiger partial charge in [0, 0.05) is 31.9 Å². The van der Waals surface area contributed by atoms with E-state index in [1.807, 2.05) is 30.1 Å². The third-order valence-electron chi connectivity index (χ3n) is 6.33. The van der Waals surface area contributed by atoms with Crippen molar-refractivity contribution in [2.45, 2.75) is 56.4 Å². The summed E-state index contributed by atoms with van der Waals surface area (Å²) in [4.78, 5) is 29.2. The summed E-state index contributed by atoms with van der Waals surface area (Å²) < 4.78 is 0. The van der Waals surface area contributed by atoms with Gasteiger partial charge in [-0.2, -0.15) is 0 Å². The maximum atomic E-state index is 12.9. The lowest BCUT2D eigenvalue weighted by atomic mass is 9.73. The molecule has 0 bridgehead atoms. The van der Waals surface area contributed by atoms with Crippen molar-refractivity contribution in [1.29, 1.82) is 0 Å². The lowest BCUT2D eigenvalue weighted by Gasteiger charge is -2.39. The van der Waals surface area contributed by atoms with Crippen LogP contribution in [-0.2, 0) is 10.2 Å². The fraction of sp³-hybridized carbons (Fsp3) is 0.600. The topological polar surface area (TPSA) is 52.7 Å². The standard InChI is InChI=1S/C20H27N3O2/c1-22-17-10-6-5-9-16(17)20(18(22)24)11-13-23(14-12-20)19(25)21-15-7-3-2-4-8-15/h5-6,9-10,15H,2-4,7-8,11-14H2,1H3,(H,21,25). The van der Waals surface area contributed by atoms with Crippen LogP contribution in [0.4, 0.5) is 10.5 Å². The number of nitrogens with one attached hydrogen (secondary N) is 1. The van der Waals surface area contributed by atoms with Crippen molar-refractivity contribution < 1.29 is 9.59 Å². The van der Waals surface area contributed by atoms with Crippen LogP contribution >= 0.6 is 0 Å². The lowest BCUT2D eigenvalue weighted by Crippen LogP contribution is -2.53. The number of rotatable bonds is 1. The number of hydrogen-bond donors (Lipinski definition) is 1. The SMILES string of the molecule is CN1C(=O)C2(CCN(C(=O)NC3CCCCC3)CC2)c2ccccc21. The van der Waals surface area contributed by atoms with Crippen molar-refractivity contribution in [1.82, 2.24) is 10.2 Å². The molecular weight excluding hydrogens is 314 g/mol. The molecule has 0 radical (unpaired) electrons. The Hall–Kier alpha value is -2.04. The zero-order chi connectivity index (χ0) is 17.4. The van der Waals surface area contributed by atoms with Gasteiger partial charge in [-0.05, 0) is 37.3 Å². The first kappa shape index (κ1) is 16.4. The highest BCUT2D eigenvalue weighted by molar-refractivity contribution is 6.07. The van der Waals surface area contributed by atoms with Crippen LogP contribution in [0, 0.1) is 0 Å². The van der Waals surface area contributed by atoms with E-state index in [4.69, 9.17) is 0 Å². The molecule has 3 amide bonds. The predicted molar refractivity (Wildman–Crippen MR) is 97.7 cm³/mol. The van der Waals surface area contributed by atoms with Gasteiger partial charge in [-0.25, -0.2) is 4.79 Å². The molecule has 0 aromatic heterocycles. The summed E-state index contributed by atoms with van der Waals surface area (Å²) in [6, 6.07) is 8.47. The van der Waals surface area contributed by atoms with Crippen LogP contribution in [0.25, 0.3) is 0 Å². The van der Waals surface area contributed by atoms with E-state index in [9.17, 15) is 9.59 Å². The highest BCUT2D eigenvalue weighted by atomic mass is 16.2. The third kappa shape index (κ3) is 2.70. The fourth-order valence-electron chi connectivity index (χ4n) is 4.80. The van der Waals surface area contributed by atoms with E-state index >= 15 is 0 Å². The summed E-state index contributed by atoms with van der Waals surface area (Å²) >= 11 is 0. The molecule has 1 aromatic rings. The second-order valence-corrected chi connectivity index (χ2v) is 7.73. The number of benzene rings is 1. The second kappa shape index (κ2) is 6.36. The Labute approximate surface area is 149 Å². The van der Waals surface area contributed by atoms with Crippen LogP contribution in [0.15, 0.2) is 24.3 Å². The zero-order valence-corrected chi connectivity index (χ0v) is 15.0. The summed E-state index contributed by atoms with van der Waals surface area (Å²) in [7, 11) is 1.86. The first-order valence-corrected chi connectivity index (χ1v) is 9.55. The van der Waals surface area contributed by atoms with E-state index < -0.39 is 5.41 Å². The Kier molecular flexibility index (Phi) is 4.18. The van der Waals surface area contributed by atoms with Crippen molar-refractivity contribution in [2.75, 3.05) is 25.0 Å². The third-order valence-corrected chi connectivity index (χ3v) is 6.33. The van der Waals surface area contributed by atoms with Crippen LogP contribution in [0.2, 0.25) is 0 Å². The van der Waals surface area contributed by atoms with Gasteiger partial charge in [0.1, 0.15) is 0 Å². The number of carbonyl (C=O) groups is 2. The summed E-state index contributed by atoms with van der Waals surface area (Å²) in [5.74, 6) is 0.182. The molecular formula is C20H27N3O2. The number of amides is 3. The number of nitrogens with zero attached hydrogens (tertiary/aromatic N) is 2. The molecule has 1 spiro atoms. The summed E-state index contributed by atoms with van der Waals surface area (Å²) in [6.07, 6.45) is 7.34. The number of piperidine rings is 1. The Morgan fingerprint density at radius 2 is 1.80 bits per heavy atom. The summed E-state index contributed by atoms with van der Waals surface area (Å²) in [5, 5.41) is 3.20. The number of hydrogen-bond acceptors (Lipinski definition) is 2. The molecule has 25 heavy (non-hydrogen) atoms. The van der Waals surface area contributed by atoms with Crippen molar-refractivity contribution in [3.05, 3.63) is 29.8 Å². The molecule has 1 aromatic carbocycles. The largest absolute Gasteiger partial charge is 0.335 e. The Bertz CT molecular complexity index is 673. The van der Waals surface area contributed by atoms with Crippen LogP contribution < -0.4 is 10.2 Å². The molecule has 1 N–H and O–H groups in total. The number of carbonyl (C=O) groups excluding carboxylic acids is 2. The average Bonchev–Trinajstić information content (AvgIpc) is 2.86. The molecule has 1 aliphatic carbocycles. The van der Waals surface area contributed by atoms with Gasteiger partial charge < -0.3 is 15.1 Å². The molecule has 4 rings (SSSR count). The molecule has 5 heteroatoms. The number of para-hydroxylation sites is 1. The van der Waals surface area contributed by atoms with E-state index in [1.54, 1.807) is 4.90 Å². The molecule has 5 nitrogen and oxygen atoms in total. The maximum Gasteiger partial charge on any atom is 0.317 e. The van der Waals surface area contributed by atoms with Crippen molar-refractivity contribution in [3.63, 3.8) is 0 Å². The fourth-order valence-corrected chi connectivity index (χ4v) is 4.80. The van der Waals surface area contributed by atoms with Gasteiger partial charge in [0.15, 0.2) is 0 Å². The van der Waals surface area contributed by atoms with Crippen LogP contribution in [0.3, 0.4) is 0 Å². The first-order chi connectivity index (χ1) is 12.1. The van der Waals surface area contributed by atoms with E-state index in [2.05, 4.69) is 11.4 Å². The molecule has 2 heterocycles. The highest BCUT2D eigenvalue weighted by Gasteiger charge is 2.51. The molecule has 3 aliphatic rings. The molecule has 2 fully saturated rings. The number of anilines is 1. The van der Waals surface area contributed by atoms with Crippen LogP contribution in [0.1, 0.15) is 50.5 Å². The minimum absolute atomic E-state index is 0.0498. The van der Waals surface area contributed by atoms with Crippen molar-refractivity contribution in [2.24, 2.45) is 0 Å². The molecule has 1 saturated heterocycles. The van der Waals surface area contributed by atoms with E-state index in [-0.39, 0.29) is 11.9 Å². The number of urea groups is 1. The van der Waals surface area contributed by atoms with Gasteiger partial charge in [-0.15, -0.1) is 0 Å². The number of fused-ring (bicyclic) bond motifs is 2. The molecule has 0 atom stereocenters. The monoisotopic (exact) mass is 341 g/mol. The highest BCUT2D eigenvalue weighted by Crippen LogP contribution is 2.47. The maximum absolute atomic E-state index is 12.9. The van der Waals surface area contributed by atoms with Gasteiger partial charge in [0.05, 0.1) is 5.41 Å². The Morgan fingerprint density at radius 3 is 2.52 bits per heavy atom. The van der Waals surface area contributed by atoms with Gasteiger partial charge in [-0.1, -0.05) is 37.5 Å². The lowest BCUT2D eigenvalue weighted by molar-refractivity contribution is -0.124. The van der Waals surface area contributed by atoms with E-state index in [0.717, 1.165) is 24.1 Å². The normalized spacial score (nSPS) is 23.0. The Morgan fingerprint density at radius 1 is 1.12 bits per heavy atom. The predicted octanol–water partition coefficient (Wildman–Crippen LogP) is 3.04. The van der Waals surface area contributed by atoms with Crippen LogP contribution in [0.5, 0.6) is 0 Å². The first-order valence-electron chi connectivity index (χ1n) is 9.55. The van der Waals surface area contributed by atoms with Crippen molar-refractivity contribution >= 4 is 17.6 Å².